The third-order valence-electron chi connectivity index (χ3n) is 7.84. The predicted molar refractivity (Wildman–Crippen MR) is 132 cm³/mol. The van der Waals surface area contributed by atoms with Crippen LogP contribution in [0.2, 0.25) is 0 Å². The van der Waals surface area contributed by atoms with Crippen molar-refractivity contribution in [1.82, 2.24) is 0 Å². The van der Waals surface area contributed by atoms with E-state index in [0.717, 1.165) is 42.5 Å². The monoisotopic (exact) mass is 525 g/mol. The summed E-state index contributed by atoms with van der Waals surface area (Å²) in [6.45, 7) is 3.16. The zero-order valence-electron chi connectivity index (χ0n) is 20.5. The average Bonchev–Trinajstić information content (AvgIpc) is 2.89. The second-order valence-corrected chi connectivity index (χ2v) is 10.2. The maximum absolute atomic E-state index is 13.5. The first-order valence-electron chi connectivity index (χ1n) is 12.5. The lowest BCUT2D eigenvalue weighted by Crippen LogP contribution is -3.00. The van der Waals surface area contributed by atoms with E-state index in [9.17, 15) is 18.4 Å². The third-order valence-corrected chi connectivity index (χ3v) is 7.84. The second kappa shape index (κ2) is 11.5. The smallest absolute Gasteiger partial charge is 0.307 e. The van der Waals surface area contributed by atoms with Gasteiger partial charge in [0.25, 0.3) is 0 Å². The molecule has 3 aliphatic rings. The first-order chi connectivity index (χ1) is 17.4. The molecule has 3 heterocycles. The number of hydrogen-bond acceptors (Lipinski definition) is 3. The number of ether oxygens (including phenoxy) is 1. The molecule has 0 saturated carbocycles. The highest BCUT2D eigenvalue weighted by Gasteiger charge is 2.47. The van der Waals surface area contributed by atoms with E-state index < -0.39 is 6.10 Å². The quantitative estimate of drug-likeness (QED) is 0.258. The van der Waals surface area contributed by atoms with Gasteiger partial charge in [-0.05, 0) is 41.3 Å². The molecule has 3 fully saturated rings. The van der Waals surface area contributed by atoms with Crippen molar-refractivity contribution in [3.8, 4) is 0 Å². The Bertz CT molecular complexity index is 1160. The van der Waals surface area contributed by atoms with Crippen LogP contribution in [0.15, 0.2) is 78.9 Å². The van der Waals surface area contributed by atoms with Crippen molar-refractivity contribution in [2.24, 2.45) is 11.8 Å². The van der Waals surface area contributed by atoms with E-state index in [0.29, 0.717) is 23.6 Å². The lowest BCUT2D eigenvalue weighted by atomic mass is 9.75. The zero-order chi connectivity index (χ0) is 25.1. The molecule has 2 bridgehead atoms. The van der Waals surface area contributed by atoms with Gasteiger partial charge in [0.1, 0.15) is 18.2 Å². The number of fused-ring (bicyclic) bond motifs is 3. The van der Waals surface area contributed by atoms with Gasteiger partial charge in [-0.25, -0.2) is 8.78 Å². The summed E-state index contributed by atoms with van der Waals surface area (Å²) in [7, 11) is 0. The van der Waals surface area contributed by atoms with E-state index in [1.807, 2.05) is 30.3 Å². The molecule has 0 N–H and O–H groups in total. The predicted octanol–water partition coefficient (Wildman–Crippen LogP) is 2.73. The summed E-state index contributed by atoms with van der Waals surface area (Å²) in [6, 6.07) is 21.0. The molecular weight excluding hydrogens is 496 g/mol. The second-order valence-electron chi connectivity index (χ2n) is 10.2. The zero-order valence-corrected chi connectivity index (χ0v) is 21.2. The van der Waals surface area contributed by atoms with Crippen molar-refractivity contribution in [2.75, 3.05) is 26.2 Å². The van der Waals surface area contributed by atoms with Crippen LogP contribution in [0.25, 0.3) is 0 Å². The van der Waals surface area contributed by atoms with Crippen molar-refractivity contribution in [3.63, 3.8) is 0 Å². The number of esters is 1. The molecule has 0 radical (unpaired) electrons. The minimum Gasteiger partial charge on any atom is -1.00 e. The standard InChI is InChI=1S/C30H30F2NO3.ClH/c31-26-10-6-23(7-11-26)30(24-8-12-27(32)13-9-24)36-29(35)18-25-19-33(16-14-21(25)15-17-33)20-28(34)22-4-2-1-3-5-22;/h1-13,21,25,30H,14-20H2;1H/q+1;/p-1/t21?,25-,33?;/m0./s1. The van der Waals surface area contributed by atoms with Gasteiger partial charge in [-0.2, -0.15) is 0 Å². The van der Waals surface area contributed by atoms with Gasteiger partial charge in [0, 0.05) is 24.3 Å². The van der Waals surface area contributed by atoms with Gasteiger partial charge in [0.05, 0.1) is 26.1 Å². The maximum Gasteiger partial charge on any atom is 0.307 e. The highest BCUT2D eigenvalue weighted by molar-refractivity contribution is 5.96. The van der Waals surface area contributed by atoms with E-state index in [4.69, 9.17) is 4.74 Å². The Hall–Kier alpha value is -3.09. The van der Waals surface area contributed by atoms with Crippen molar-refractivity contribution in [2.45, 2.75) is 25.4 Å². The summed E-state index contributed by atoms with van der Waals surface area (Å²) >= 11 is 0. The first-order valence-corrected chi connectivity index (χ1v) is 12.5. The molecule has 4 nitrogen and oxygen atoms in total. The Morgan fingerprint density at radius 1 is 0.838 bits per heavy atom. The molecule has 6 rings (SSSR count). The fraction of sp³-hybridized carbons (Fsp3) is 0.333. The highest BCUT2D eigenvalue weighted by Crippen LogP contribution is 2.40. The molecule has 0 aromatic heterocycles. The fourth-order valence-corrected chi connectivity index (χ4v) is 5.91. The molecule has 37 heavy (non-hydrogen) atoms. The third kappa shape index (κ3) is 6.25. The molecule has 0 amide bonds. The summed E-state index contributed by atoms with van der Waals surface area (Å²) in [5.41, 5.74) is 1.99. The molecule has 3 aromatic rings. The van der Waals surface area contributed by atoms with E-state index in [-0.39, 0.29) is 48.1 Å². The minimum absolute atomic E-state index is 0. The van der Waals surface area contributed by atoms with E-state index in [1.54, 1.807) is 24.3 Å². The topological polar surface area (TPSA) is 43.4 Å². The van der Waals surface area contributed by atoms with Crippen molar-refractivity contribution < 1.29 is 40.0 Å². The Kier molecular flexibility index (Phi) is 8.40. The largest absolute Gasteiger partial charge is 1.00 e. The van der Waals surface area contributed by atoms with E-state index >= 15 is 0 Å². The minimum atomic E-state index is -0.748. The lowest BCUT2D eigenvalue weighted by molar-refractivity contribution is -0.939. The summed E-state index contributed by atoms with van der Waals surface area (Å²) in [6.07, 6.45) is 1.52. The number of carbonyl (C=O) groups is 2. The number of quaternary nitrogens is 1. The fourth-order valence-electron chi connectivity index (χ4n) is 5.91. The number of rotatable bonds is 8. The summed E-state index contributed by atoms with van der Waals surface area (Å²) in [5, 5.41) is 0. The van der Waals surface area contributed by atoms with Crippen molar-refractivity contribution in [3.05, 3.63) is 107 Å². The molecule has 0 unspecified atom stereocenters. The number of nitrogens with zero attached hydrogens (tertiary/aromatic N) is 1. The van der Waals surface area contributed by atoms with Crippen molar-refractivity contribution in [1.29, 1.82) is 0 Å². The van der Waals surface area contributed by atoms with Crippen LogP contribution in [-0.4, -0.2) is 42.4 Å². The molecular formula is C30H30ClF2NO3. The van der Waals surface area contributed by atoms with E-state index in [1.165, 1.54) is 24.3 Å². The van der Waals surface area contributed by atoms with Crippen LogP contribution in [0, 0.1) is 23.5 Å². The molecule has 1 atom stereocenters. The first kappa shape index (κ1) is 27.0. The van der Waals surface area contributed by atoms with Crippen LogP contribution in [-0.2, 0) is 9.53 Å². The van der Waals surface area contributed by atoms with Gasteiger partial charge in [0.2, 0.25) is 5.78 Å². The Labute approximate surface area is 222 Å². The molecule has 0 aliphatic carbocycles. The number of ketones is 1. The Morgan fingerprint density at radius 2 is 1.38 bits per heavy atom. The van der Waals surface area contributed by atoms with Crippen LogP contribution in [0.5, 0.6) is 0 Å². The van der Waals surface area contributed by atoms with Gasteiger partial charge < -0.3 is 21.6 Å². The summed E-state index contributed by atoms with van der Waals surface area (Å²) in [5.74, 6) is -0.362. The van der Waals surface area contributed by atoms with E-state index in [2.05, 4.69) is 0 Å². The molecule has 3 aliphatic heterocycles. The number of Topliss-reactive ketones (excluding diaryl/α,β-unsaturated/α-hetero) is 1. The van der Waals surface area contributed by atoms with Gasteiger partial charge in [-0.1, -0.05) is 54.6 Å². The molecule has 0 spiro atoms. The van der Waals surface area contributed by atoms with Gasteiger partial charge in [-0.15, -0.1) is 0 Å². The number of hydrogen-bond donors (Lipinski definition) is 0. The lowest BCUT2D eigenvalue weighted by Gasteiger charge is -2.52. The molecule has 194 valence electrons. The van der Waals surface area contributed by atoms with Crippen LogP contribution in [0.4, 0.5) is 8.78 Å². The molecule has 3 saturated heterocycles. The number of carbonyl (C=O) groups excluding carboxylic acids is 2. The van der Waals surface area contributed by atoms with Gasteiger partial charge in [0.15, 0.2) is 6.10 Å². The van der Waals surface area contributed by atoms with Crippen molar-refractivity contribution >= 4 is 11.8 Å². The summed E-state index contributed by atoms with van der Waals surface area (Å²) in [4.78, 5) is 26.2. The van der Waals surface area contributed by atoms with Gasteiger partial charge >= 0.3 is 5.97 Å². The number of piperidine rings is 3. The maximum atomic E-state index is 13.5. The highest BCUT2D eigenvalue weighted by atomic mass is 35.5. The van der Waals surface area contributed by atoms with Crippen LogP contribution in [0.1, 0.15) is 46.9 Å². The SMILES string of the molecule is O=C(C[C@H]1C[N+]2(CC(=O)c3ccccc3)CCC1CC2)OC(c1ccc(F)cc1)c1ccc(F)cc1.[Cl-]. The average molecular weight is 526 g/mol. The molecule has 3 aromatic carbocycles. The molecule has 7 heteroatoms. The Morgan fingerprint density at radius 3 is 1.92 bits per heavy atom. The van der Waals surface area contributed by atoms with Gasteiger partial charge in [-0.3, -0.25) is 9.59 Å². The Balaban J connectivity index is 0.00000320. The number of halogens is 3. The number of benzene rings is 3. The normalized spacial score (nSPS) is 22.4. The van der Waals surface area contributed by atoms with Crippen LogP contribution < -0.4 is 12.4 Å². The van der Waals surface area contributed by atoms with Crippen LogP contribution in [0.3, 0.4) is 0 Å². The summed E-state index contributed by atoms with van der Waals surface area (Å²) < 4.78 is 33.7. The van der Waals surface area contributed by atoms with Crippen LogP contribution >= 0.6 is 0 Å².